The fourth-order valence-electron chi connectivity index (χ4n) is 2.26. The average Bonchev–Trinajstić information content (AvgIpc) is 2.93. The van der Waals surface area contributed by atoms with Crippen LogP contribution >= 0.6 is 0 Å². The van der Waals surface area contributed by atoms with Crippen molar-refractivity contribution in [3.63, 3.8) is 0 Å². The maximum atomic E-state index is 12.4. The minimum atomic E-state index is -3.53. The molecule has 0 amide bonds. The van der Waals surface area contributed by atoms with Crippen molar-refractivity contribution in [1.82, 2.24) is 10.0 Å². The molecular weight excluding hydrogens is 292 g/mol. The molecular formula is C14H22N2O4S. The molecule has 0 bridgehead atoms. The van der Waals surface area contributed by atoms with Gasteiger partial charge in [0.15, 0.2) is 0 Å². The first-order valence-electron chi connectivity index (χ1n) is 7.07. The Labute approximate surface area is 125 Å². The van der Waals surface area contributed by atoms with Crippen molar-refractivity contribution in [2.45, 2.75) is 30.8 Å². The Morgan fingerprint density at radius 3 is 2.86 bits per heavy atom. The zero-order chi connectivity index (χ0) is 15.3. The van der Waals surface area contributed by atoms with Gasteiger partial charge in [0, 0.05) is 24.8 Å². The Hall–Kier alpha value is -1.15. The van der Waals surface area contributed by atoms with Crippen LogP contribution in [0.15, 0.2) is 23.1 Å². The number of hydrogen-bond acceptors (Lipinski definition) is 5. The summed E-state index contributed by atoms with van der Waals surface area (Å²) in [6, 6.07) is 4.78. The number of benzene rings is 1. The molecule has 1 atom stereocenters. The summed E-state index contributed by atoms with van der Waals surface area (Å²) < 4.78 is 38.2. The van der Waals surface area contributed by atoms with Crippen LogP contribution in [0.5, 0.6) is 5.75 Å². The van der Waals surface area contributed by atoms with Crippen LogP contribution in [0.25, 0.3) is 0 Å². The highest BCUT2D eigenvalue weighted by Gasteiger charge is 2.24. The summed E-state index contributed by atoms with van der Waals surface area (Å²) >= 11 is 0. The number of hydrogen-bond donors (Lipinski definition) is 2. The molecule has 6 nitrogen and oxygen atoms in total. The van der Waals surface area contributed by atoms with Crippen LogP contribution in [-0.4, -0.2) is 41.3 Å². The van der Waals surface area contributed by atoms with Crippen molar-refractivity contribution in [2.75, 3.05) is 26.9 Å². The zero-order valence-electron chi connectivity index (χ0n) is 12.4. The Balaban J connectivity index is 2.23. The van der Waals surface area contributed by atoms with Gasteiger partial charge in [-0.25, -0.2) is 13.1 Å². The highest BCUT2D eigenvalue weighted by Crippen LogP contribution is 2.23. The summed E-state index contributed by atoms with van der Waals surface area (Å²) in [6.07, 6.45) is 0.708. The van der Waals surface area contributed by atoms with E-state index < -0.39 is 10.0 Å². The molecule has 0 radical (unpaired) electrons. The predicted octanol–water partition coefficient (Wildman–Crippen LogP) is 0.872. The highest BCUT2D eigenvalue weighted by molar-refractivity contribution is 7.89. The van der Waals surface area contributed by atoms with E-state index in [2.05, 4.69) is 10.0 Å². The van der Waals surface area contributed by atoms with E-state index in [1.54, 1.807) is 18.2 Å². The van der Waals surface area contributed by atoms with Gasteiger partial charge in [-0.05, 0) is 38.6 Å². The first-order chi connectivity index (χ1) is 10.1. The Morgan fingerprint density at radius 2 is 2.24 bits per heavy atom. The van der Waals surface area contributed by atoms with E-state index in [4.69, 9.17) is 9.47 Å². The number of rotatable bonds is 7. The van der Waals surface area contributed by atoms with Crippen LogP contribution in [0.4, 0.5) is 0 Å². The van der Waals surface area contributed by atoms with E-state index in [1.165, 1.54) is 0 Å². The Morgan fingerprint density at radius 1 is 1.43 bits per heavy atom. The summed E-state index contributed by atoms with van der Waals surface area (Å²) in [5.41, 5.74) is 0.824. The topological polar surface area (TPSA) is 76.7 Å². The number of nitrogens with one attached hydrogen (secondary N) is 2. The second-order valence-corrected chi connectivity index (χ2v) is 6.63. The van der Waals surface area contributed by atoms with E-state index in [9.17, 15) is 8.42 Å². The molecule has 0 aliphatic carbocycles. The van der Waals surface area contributed by atoms with E-state index in [1.807, 2.05) is 14.0 Å². The molecule has 0 spiro atoms. The third-order valence-electron chi connectivity index (χ3n) is 3.26. The van der Waals surface area contributed by atoms with Gasteiger partial charge < -0.3 is 14.8 Å². The summed E-state index contributed by atoms with van der Waals surface area (Å²) in [5, 5.41) is 3.02. The van der Waals surface area contributed by atoms with Crippen LogP contribution in [-0.2, 0) is 21.3 Å². The van der Waals surface area contributed by atoms with Gasteiger partial charge in [-0.3, -0.25) is 0 Å². The van der Waals surface area contributed by atoms with Crippen molar-refractivity contribution in [2.24, 2.45) is 0 Å². The van der Waals surface area contributed by atoms with E-state index in [-0.39, 0.29) is 10.9 Å². The zero-order valence-corrected chi connectivity index (χ0v) is 13.2. The smallest absolute Gasteiger partial charge is 0.240 e. The molecule has 21 heavy (non-hydrogen) atoms. The molecule has 7 heteroatoms. The van der Waals surface area contributed by atoms with Gasteiger partial charge in [-0.1, -0.05) is 0 Å². The van der Waals surface area contributed by atoms with Gasteiger partial charge in [0.2, 0.25) is 10.0 Å². The van der Waals surface area contributed by atoms with Crippen LogP contribution < -0.4 is 14.8 Å². The van der Waals surface area contributed by atoms with Crippen molar-refractivity contribution >= 4 is 10.0 Å². The molecule has 2 rings (SSSR count). The molecule has 1 saturated heterocycles. The second kappa shape index (κ2) is 7.22. The average molecular weight is 314 g/mol. The third-order valence-corrected chi connectivity index (χ3v) is 4.78. The lowest BCUT2D eigenvalue weighted by Gasteiger charge is -2.14. The Bertz CT molecular complexity index is 568. The van der Waals surface area contributed by atoms with E-state index in [0.717, 1.165) is 5.56 Å². The normalized spacial score (nSPS) is 18.9. The Kier molecular flexibility index (Phi) is 5.58. The summed E-state index contributed by atoms with van der Waals surface area (Å²) in [4.78, 5) is 0.253. The molecule has 1 aliphatic heterocycles. The summed E-state index contributed by atoms with van der Waals surface area (Å²) in [6.45, 7) is 4.02. The fraction of sp³-hybridized carbons (Fsp3) is 0.571. The molecule has 1 heterocycles. The standard InChI is InChI=1S/C14H22N2O4S/c1-3-20-14-5-4-13(8-11(14)9-15-2)21(17,18)16-12-6-7-19-10-12/h4-5,8,12,15-16H,3,6-7,9-10H2,1-2H3. The maximum absolute atomic E-state index is 12.4. The highest BCUT2D eigenvalue weighted by atomic mass is 32.2. The van der Waals surface area contributed by atoms with Gasteiger partial charge in [0.1, 0.15) is 5.75 Å². The summed E-state index contributed by atoms with van der Waals surface area (Å²) in [5.74, 6) is 0.704. The molecule has 1 unspecified atom stereocenters. The molecule has 1 fully saturated rings. The molecule has 2 N–H and O–H groups in total. The lowest BCUT2D eigenvalue weighted by molar-refractivity contribution is 0.192. The van der Waals surface area contributed by atoms with Gasteiger partial charge in [-0.2, -0.15) is 0 Å². The van der Waals surface area contributed by atoms with Crippen molar-refractivity contribution in [3.8, 4) is 5.75 Å². The molecule has 0 aromatic heterocycles. The molecule has 0 saturated carbocycles. The third kappa shape index (κ3) is 4.16. The lowest BCUT2D eigenvalue weighted by atomic mass is 10.2. The van der Waals surface area contributed by atoms with Crippen LogP contribution in [0, 0.1) is 0 Å². The van der Waals surface area contributed by atoms with Gasteiger partial charge in [0.05, 0.1) is 18.1 Å². The SMILES string of the molecule is CCOc1ccc(S(=O)(=O)NC2CCOC2)cc1CNC. The minimum Gasteiger partial charge on any atom is -0.494 e. The van der Waals surface area contributed by atoms with Crippen LogP contribution in [0.3, 0.4) is 0 Å². The quantitative estimate of drug-likeness (QED) is 0.781. The minimum absolute atomic E-state index is 0.144. The second-order valence-electron chi connectivity index (χ2n) is 4.91. The number of sulfonamides is 1. The summed E-state index contributed by atoms with van der Waals surface area (Å²) in [7, 11) is -1.72. The van der Waals surface area contributed by atoms with E-state index in [0.29, 0.717) is 38.5 Å². The first kappa shape index (κ1) is 16.2. The first-order valence-corrected chi connectivity index (χ1v) is 8.55. The lowest BCUT2D eigenvalue weighted by Crippen LogP contribution is -2.35. The molecule has 1 aliphatic rings. The molecule has 118 valence electrons. The van der Waals surface area contributed by atoms with Gasteiger partial charge in [-0.15, -0.1) is 0 Å². The number of ether oxygens (including phenoxy) is 2. The largest absolute Gasteiger partial charge is 0.494 e. The predicted molar refractivity (Wildman–Crippen MR) is 79.9 cm³/mol. The van der Waals surface area contributed by atoms with Gasteiger partial charge >= 0.3 is 0 Å². The van der Waals surface area contributed by atoms with Gasteiger partial charge in [0.25, 0.3) is 0 Å². The molecule has 1 aromatic rings. The monoisotopic (exact) mass is 314 g/mol. The van der Waals surface area contributed by atoms with Crippen molar-refractivity contribution in [1.29, 1.82) is 0 Å². The molecule has 1 aromatic carbocycles. The fourth-order valence-corrected chi connectivity index (χ4v) is 3.57. The van der Waals surface area contributed by atoms with E-state index >= 15 is 0 Å². The van der Waals surface area contributed by atoms with Crippen molar-refractivity contribution in [3.05, 3.63) is 23.8 Å². The van der Waals surface area contributed by atoms with Crippen LogP contribution in [0.1, 0.15) is 18.9 Å². The van der Waals surface area contributed by atoms with Crippen LogP contribution in [0.2, 0.25) is 0 Å². The maximum Gasteiger partial charge on any atom is 0.240 e. The van der Waals surface area contributed by atoms with Crippen molar-refractivity contribution < 1.29 is 17.9 Å².